The van der Waals surface area contributed by atoms with Crippen LogP contribution in [-0.2, 0) is 16.1 Å². The Balaban J connectivity index is 1.56. The summed E-state index contributed by atoms with van der Waals surface area (Å²) in [6.07, 6.45) is 1.69. The van der Waals surface area contributed by atoms with Crippen LogP contribution < -0.4 is 15.0 Å². The highest BCUT2D eigenvalue weighted by Crippen LogP contribution is 2.50. The molecule has 5 aromatic rings. The lowest BCUT2D eigenvalue weighted by Crippen LogP contribution is -2.42. The van der Waals surface area contributed by atoms with Crippen LogP contribution in [0.2, 0.25) is 0 Å². The molecule has 9 heteroatoms. The van der Waals surface area contributed by atoms with Gasteiger partial charge in [-0.05, 0) is 43.7 Å². The van der Waals surface area contributed by atoms with E-state index in [9.17, 15) is 9.59 Å². The summed E-state index contributed by atoms with van der Waals surface area (Å²) in [5.41, 5.74) is 7.17. The molecule has 1 aliphatic heterocycles. The molecule has 8 nitrogen and oxygen atoms in total. The van der Waals surface area contributed by atoms with Crippen molar-refractivity contribution in [2.75, 3.05) is 24.3 Å². The smallest absolute Gasteiger partial charge is 0.240 e. The summed E-state index contributed by atoms with van der Waals surface area (Å²) in [5, 5.41) is 7.86. The van der Waals surface area contributed by atoms with Crippen LogP contribution >= 0.6 is 11.8 Å². The minimum absolute atomic E-state index is 0.164. The first-order valence-electron chi connectivity index (χ1n) is 14.4. The zero-order chi connectivity index (χ0) is 30.6. The van der Waals surface area contributed by atoms with E-state index in [2.05, 4.69) is 16.4 Å². The van der Waals surface area contributed by atoms with Gasteiger partial charge in [0.15, 0.2) is 0 Å². The Morgan fingerprint density at radius 1 is 1.00 bits per heavy atom. The minimum Gasteiger partial charge on any atom is -0.496 e. The van der Waals surface area contributed by atoms with Crippen LogP contribution in [0.5, 0.6) is 5.75 Å². The van der Waals surface area contributed by atoms with E-state index in [-0.39, 0.29) is 35.9 Å². The predicted molar refractivity (Wildman–Crippen MR) is 174 cm³/mol. The minimum atomic E-state index is -0.290. The van der Waals surface area contributed by atoms with Gasteiger partial charge in [0.05, 0.1) is 41.7 Å². The number of amides is 2. The van der Waals surface area contributed by atoms with Gasteiger partial charge in [-0.25, -0.2) is 4.68 Å². The molecule has 2 aromatic heterocycles. The highest BCUT2D eigenvalue weighted by Gasteiger charge is 2.38. The van der Waals surface area contributed by atoms with Crippen molar-refractivity contribution in [1.82, 2.24) is 20.1 Å². The number of nitrogens with zero attached hydrogens (tertiary/aromatic N) is 4. The SMILES string of the molecule is COc1ccccc1[C@H]1SCC(=O)N(CC(=O)NCc2ccccn2)c2c1c(-c1ccccc1)nn2-c1ccc(C)cc1C. The van der Waals surface area contributed by atoms with Gasteiger partial charge in [0.2, 0.25) is 11.8 Å². The van der Waals surface area contributed by atoms with Crippen LogP contribution in [0.4, 0.5) is 5.82 Å². The summed E-state index contributed by atoms with van der Waals surface area (Å²) >= 11 is 1.52. The Morgan fingerprint density at radius 2 is 1.77 bits per heavy atom. The fourth-order valence-electron chi connectivity index (χ4n) is 5.56. The number of benzene rings is 3. The van der Waals surface area contributed by atoms with Crippen molar-refractivity contribution in [3.05, 3.63) is 125 Å². The van der Waals surface area contributed by atoms with Gasteiger partial charge in [-0.2, -0.15) is 5.10 Å². The molecule has 0 bridgehead atoms. The average molecular weight is 604 g/mol. The molecule has 1 atom stereocenters. The zero-order valence-corrected chi connectivity index (χ0v) is 25.7. The highest BCUT2D eigenvalue weighted by molar-refractivity contribution is 8.00. The third kappa shape index (κ3) is 5.83. The van der Waals surface area contributed by atoms with E-state index in [4.69, 9.17) is 9.84 Å². The number of methoxy groups -OCH3 is 1. The van der Waals surface area contributed by atoms with E-state index in [1.165, 1.54) is 11.8 Å². The molecule has 0 radical (unpaired) electrons. The number of ether oxygens (including phenoxy) is 1. The van der Waals surface area contributed by atoms with Crippen molar-refractivity contribution in [3.63, 3.8) is 0 Å². The van der Waals surface area contributed by atoms with Gasteiger partial charge in [0, 0.05) is 22.9 Å². The highest BCUT2D eigenvalue weighted by atomic mass is 32.2. The Labute approximate surface area is 261 Å². The number of aromatic nitrogens is 3. The molecule has 0 aliphatic carbocycles. The van der Waals surface area contributed by atoms with E-state index in [0.29, 0.717) is 5.82 Å². The maximum atomic E-state index is 14.0. The van der Waals surface area contributed by atoms with Crippen molar-refractivity contribution in [2.24, 2.45) is 0 Å². The number of hydrogen-bond donors (Lipinski definition) is 1. The molecule has 1 N–H and O–H groups in total. The van der Waals surface area contributed by atoms with E-state index in [0.717, 1.165) is 50.6 Å². The number of fused-ring (bicyclic) bond motifs is 1. The van der Waals surface area contributed by atoms with Crippen molar-refractivity contribution >= 4 is 29.4 Å². The Hall–Kier alpha value is -4.89. The summed E-state index contributed by atoms with van der Waals surface area (Å²) in [5.74, 6) is 1.02. The van der Waals surface area contributed by atoms with Crippen molar-refractivity contribution in [3.8, 4) is 22.7 Å². The second-order valence-electron chi connectivity index (χ2n) is 10.7. The Morgan fingerprint density at radius 3 is 2.52 bits per heavy atom. The molecule has 0 fully saturated rings. The van der Waals surface area contributed by atoms with Gasteiger partial charge in [0.25, 0.3) is 0 Å². The Kier molecular flexibility index (Phi) is 8.47. The maximum absolute atomic E-state index is 14.0. The third-order valence-corrected chi connectivity index (χ3v) is 8.87. The van der Waals surface area contributed by atoms with Crippen LogP contribution in [0.15, 0.2) is 97.2 Å². The summed E-state index contributed by atoms with van der Waals surface area (Å²) in [6.45, 7) is 4.18. The lowest BCUT2D eigenvalue weighted by molar-refractivity contribution is -0.123. The number of para-hydroxylation sites is 1. The number of pyridine rings is 1. The van der Waals surface area contributed by atoms with Gasteiger partial charge < -0.3 is 10.1 Å². The van der Waals surface area contributed by atoms with Crippen LogP contribution in [0.1, 0.15) is 33.2 Å². The maximum Gasteiger partial charge on any atom is 0.240 e. The molecule has 44 heavy (non-hydrogen) atoms. The van der Waals surface area contributed by atoms with Gasteiger partial charge in [0.1, 0.15) is 18.1 Å². The molecule has 0 saturated carbocycles. The number of anilines is 1. The lowest BCUT2D eigenvalue weighted by atomic mass is 9.99. The van der Waals surface area contributed by atoms with Gasteiger partial charge in [-0.3, -0.25) is 19.5 Å². The van der Waals surface area contributed by atoms with E-state index < -0.39 is 0 Å². The first kappa shape index (κ1) is 29.2. The zero-order valence-electron chi connectivity index (χ0n) is 24.9. The van der Waals surface area contributed by atoms with Crippen molar-refractivity contribution in [1.29, 1.82) is 0 Å². The molecule has 2 amide bonds. The summed E-state index contributed by atoms with van der Waals surface area (Å²) in [4.78, 5) is 33.4. The van der Waals surface area contributed by atoms with Gasteiger partial charge >= 0.3 is 0 Å². The number of thioether (sulfide) groups is 1. The molecule has 0 spiro atoms. The summed E-state index contributed by atoms with van der Waals surface area (Å²) in [6, 6.07) is 29.6. The fourth-order valence-corrected chi connectivity index (χ4v) is 6.78. The van der Waals surface area contributed by atoms with Crippen molar-refractivity contribution in [2.45, 2.75) is 25.6 Å². The second kappa shape index (κ2) is 12.8. The standard InChI is InChI=1S/C35H33N5O3S/c1-23-16-17-28(24(2)19-23)40-35-32(33(38-40)25-11-5-4-6-12-25)34(27-14-7-8-15-29(27)43-3)44-22-31(42)39(35)21-30(41)37-20-26-13-9-10-18-36-26/h4-19,34H,20-22H2,1-3H3,(H,37,41)/t34-/m1/s1. The van der Waals surface area contributed by atoms with E-state index in [1.807, 2.05) is 103 Å². The molecule has 3 heterocycles. The number of hydrogen-bond acceptors (Lipinski definition) is 6. The number of rotatable bonds is 8. The van der Waals surface area contributed by atoms with Gasteiger partial charge in [-0.1, -0.05) is 72.3 Å². The third-order valence-electron chi connectivity index (χ3n) is 7.63. The molecule has 0 unspecified atom stereocenters. The Bertz CT molecular complexity index is 1810. The number of carbonyl (C=O) groups is 2. The number of nitrogens with one attached hydrogen (secondary N) is 1. The van der Waals surface area contributed by atoms with Gasteiger partial charge in [-0.15, -0.1) is 11.8 Å². The lowest BCUT2D eigenvalue weighted by Gasteiger charge is -2.24. The van der Waals surface area contributed by atoms with Crippen molar-refractivity contribution < 1.29 is 14.3 Å². The monoisotopic (exact) mass is 603 g/mol. The normalized spacial score (nSPS) is 14.6. The molecular weight excluding hydrogens is 570 g/mol. The first-order chi connectivity index (χ1) is 21.4. The van der Waals surface area contributed by atoms with Crippen LogP contribution in [0.3, 0.4) is 0 Å². The largest absolute Gasteiger partial charge is 0.496 e. The quantitative estimate of drug-likeness (QED) is 0.233. The average Bonchev–Trinajstić information content (AvgIpc) is 3.37. The topological polar surface area (TPSA) is 89.3 Å². The molecule has 1 aliphatic rings. The van der Waals surface area contributed by atoms with E-state index in [1.54, 1.807) is 18.2 Å². The molecule has 3 aromatic carbocycles. The predicted octanol–water partition coefficient (Wildman–Crippen LogP) is 6.05. The first-order valence-corrected chi connectivity index (χ1v) is 15.5. The summed E-state index contributed by atoms with van der Waals surface area (Å²) < 4.78 is 7.64. The van der Waals surface area contributed by atoms with Crippen LogP contribution in [0.25, 0.3) is 16.9 Å². The fraction of sp³-hybridized carbons (Fsp3) is 0.200. The van der Waals surface area contributed by atoms with Crippen LogP contribution in [-0.4, -0.2) is 46.0 Å². The molecule has 222 valence electrons. The summed E-state index contributed by atoms with van der Waals surface area (Å²) in [7, 11) is 1.65. The second-order valence-corrected chi connectivity index (χ2v) is 11.8. The van der Waals surface area contributed by atoms with Crippen LogP contribution in [0, 0.1) is 13.8 Å². The molecular formula is C35H33N5O3S. The molecule has 6 rings (SSSR count). The molecule has 0 saturated heterocycles. The number of carbonyl (C=O) groups excluding carboxylic acids is 2. The number of aryl methyl sites for hydroxylation is 2. The van der Waals surface area contributed by atoms with E-state index >= 15 is 0 Å².